The van der Waals surface area contributed by atoms with E-state index in [9.17, 15) is 19.7 Å². The van der Waals surface area contributed by atoms with Crippen LogP contribution in [0.2, 0.25) is 0 Å². The number of carbonyl (C=O) groups is 2. The van der Waals surface area contributed by atoms with Crippen molar-refractivity contribution in [2.75, 3.05) is 31.6 Å². The number of benzene rings is 1. The van der Waals surface area contributed by atoms with Crippen molar-refractivity contribution in [3.05, 3.63) is 40.0 Å². The minimum atomic E-state index is -0.524. The van der Waals surface area contributed by atoms with E-state index < -0.39 is 10.9 Å². The highest BCUT2D eigenvalue weighted by atomic mass is 16.6. The number of rotatable bonds is 6. The number of carbonyl (C=O) groups excluding carboxylic acids is 2. The second-order valence-electron chi connectivity index (χ2n) is 6.02. The third-order valence-corrected chi connectivity index (χ3v) is 4.37. The van der Waals surface area contributed by atoms with E-state index in [0.717, 1.165) is 0 Å². The van der Waals surface area contributed by atoms with Crippen LogP contribution >= 0.6 is 0 Å². The smallest absolute Gasteiger partial charge is 0.330 e. The fourth-order valence-corrected chi connectivity index (χ4v) is 2.99. The Bertz CT molecular complexity index is 709. The quantitative estimate of drug-likeness (QED) is 0.360. The maximum atomic E-state index is 11.9. The zero-order valence-electron chi connectivity index (χ0n) is 14.9. The van der Waals surface area contributed by atoms with Gasteiger partial charge in [-0.1, -0.05) is 6.07 Å². The van der Waals surface area contributed by atoms with E-state index in [1.807, 2.05) is 11.8 Å². The van der Waals surface area contributed by atoms with Crippen LogP contribution in [-0.2, 0) is 14.3 Å². The minimum Gasteiger partial charge on any atom is -0.466 e. The van der Waals surface area contributed by atoms with Crippen molar-refractivity contribution < 1.29 is 19.2 Å². The lowest BCUT2D eigenvalue weighted by atomic mass is 9.95. The zero-order valence-corrected chi connectivity index (χ0v) is 14.9. The molecule has 0 atom stereocenters. The molecule has 0 aliphatic carbocycles. The van der Waals surface area contributed by atoms with Gasteiger partial charge in [-0.2, -0.15) is 0 Å². The summed E-state index contributed by atoms with van der Waals surface area (Å²) in [6, 6.07) is 4.84. The molecule has 1 fully saturated rings. The number of anilines is 1. The van der Waals surface area contributed by atoms with Gasteiger partial charge in [-0.05, 0) is 37.5 Å². The summed E-state index contributed by atoms with van der Waals surface area (Å²) in [6.45, 7) is 3.65. The van der Waals surface area contributed by atoms with Crippen molar-refractivity contribution in [3.8, 4) is 0 Å². The number of nitro groups is 1. The summed E-state index contributed by atoms with van der Waals surface area (Å²) in [5.74, 6) is -0.526. The van der Waals surface area contributed by atoms with Crippen molar-refractivity contribution in [1.82, 2.24) is 5.32 Å². The van der Waals surface area contributed by atoms with E-state index in [4.69, 9.17) is 0 Å². The van der Waals surface area contributed by atoms with Gasteiger partial charge in [0.1, 0.15) is 5.69 Å². The SMILES string of the molecule is CCNC(=O)C1CCN(c2ccc(/C=C/C(=O)OC)cc2[N+](=O)[O-])CC1. The van der Waals surface area contributed by atoms with Gasteiger partial charge >= 0.3 is 5.97 Å². The molecule has 1 aromatic rings. The first-order valence-electron chi connectivity index (χ1n) is 8.53. The lowest BCUT2D eigenvalue weighted by molar-refractivity contribution is -0.384. The molecule has 0 radical (unpaired) electrons. The molecular formula is C18H23N3O5. The van der Waals surface area contributed by atoms with Crippen molar-refractivity contribution in [1.29, 1.82) is 0 Å². The fourth-order valence-electron chi connectivity index (χ4n) is 2.99. The van der Waals surface area contributed by atoms with Gasteiger partial charge in [0.25, 0.3) is 5.69 Å². The predicted octanol–water partition coefficient (Wildman–Crippen LogP) is 2.13. The minimum absolute atomic E-state index is 0.0199. The number of hydrogen-bond donors (Lipinski definition) is 1. The molecule has 1 amide bonds. The largest absolute Gasteiger partial charge is 0.466 e. The molecule has 0 unspecified atom stereocenters. The van der Waals surface area contributed by atoms with Crippen molar-refractivity contribution in [3.63, 3.8) is 0 Å². The van der Waals surface area contributed by atoms with E-state index in [-0.39, 0.29) is 17.5 Å². The standard InChI is InChI=1S/C18H23N3O5/c1-3-19-18(23)14-8-10-20(11-9-14)15-6-4-13(5-7-17(22)26-2)12-16(15)21(24)25/h4-7,12,14H,3,8-11H2,1-2H3,(H,19,23)/b7-5+. The molecule has 1 N–H and O–H groups in total. The monoisotopic (exact) mass is 361 g/mol. The topological polar surface area (TPSA) is 102 Å². The van der Waals surface area contributed by atoms with Gasteiger partial charge in [-0.3, -0.25) is 14.9 Å². The summed E-state index contributed by atoms with van der Waals surface area (Å²) in [7, 11) is 1.27. The summed E-state index contributed by atoms with van der Waals surface area (Å²) in [6.07, 6.45) is 4.01. The zero-order chi connectivity index (χ0) is 19.1. The Morgan fingerprint density at radius 3 is 2.65 bits per heavy atom. The Morgan fingerprint density at radius 2 is 2.08 bits per heavy atom. The number of nitrogens with zero attached hydrogens (tertiary/aromatic N) is 2. The average molecular weight is 361 g/mol. The molecule has 140 valence electrons. The van der Waals surface area contributed by atoms with Gasteiger partial charge in [-0.25, -0.2) is 4.79 Å². The van der Waals surface area contributed by atoms with Gasteiger partial charge in [0.15, 0.2) is 0 Å². The normalized spacial score (nSPS) is 15.1. The number of nitrogens with one attached hydrogen (secondary N) is 1. The average Bonchev–Trinajstić information content (AvgIpc) is 2.66. The Kier molecular flexibility index (Phi) is 6.71. The molecule has 1 heterocycles. The van der Waals surface area contributed by atoms with Crippen LogP contribution in [0.1, 0.15) is 25.3 Å². The molecule has 8 heteroatoms. The Balaban J connectivity index is 2.14. The lowest BCUT2D eigenvalue weighted by Gasteiger charge is -2.32. The third-order valence-electron chi connectivity index (χ3n) is 4.37. The molecule has 0 aromatic heterocycles. The van der Waals surface area contributed by atoms with Gasteiger partial charge in [0, 0.05) is 37.7 Å². The molecule has 0 saturated carbocycles. The van der Waals surface area contributed by atoms with Gasteiger partial charge in [0.05, 0.1) is 12.0 Å². The number of nitro benzene ring substituents is 1. The molecule has 0 bridgehead atoms. The number of methoxy groups -OCH3 is 1. The number of hydrogen-bond acceptors (Lipinski definition) is 6. The number of ether oxygens (including phenoxy) is 1. The van der Waals surface area contributed by atoms with E-state index in [2.05, 4.69) is 10.1 Å². The maximum Gasteiger partial charge on any atom is 0.330 e. The molecule has 8 nitrogen and oxygen atoms in total. The molecule has 1 aliphatic rings. The van der Waals surface area contributed by atoms with E-state index in [0.29, 0.717) is 43.7 Å². The van der Waals surface area contributed by atoms with Crippen LogP contribution in [0, 0.1) is 16.0 Å². The summed E-state index contributed by atoms with van der Waals surface area (Å²) < 4.78 is 4.51. The molecule has 0 spiro atoms. The van der Waals surface area contributed by atoms with Crippen molar-refractivity contribution in [2.24, 2.45) is 5.92 Å². The van der Waals surface area contributed by atoms with Crippen LogP contribution in [0.15, 0.2) is 24.3 Å². The summed E-state index contributed by atoms with van der Waals surface area (Å²) in [4.78, 5) is 36.1. The number of amides is 1. The van der Waals surface area contributed by atoms with Crippen LogP contribution in [0.3, 0.4) is 0 Å². The van der Waals surface area contributed by atoms with Crippen LogP contribution in [0.4, 0.5) is 11.4 Å². The molecule has 1 aliphatic heterocycles. The molecule has 1 aromatic carbocycles. The lowest BCUT2D eigenvalue weighted by Crippen LogP contribution is -2.40. The van der Waals surface area contributed by atoms with Crippen LogP contribution in [0.5, 0.6) is 0 Å². The molecule has 2 rings (SSSR count). The molecule has 26 heavy (non-hydrogen) atoms. The number of piperidine rings is 1. The second kappa shape index (κ2) is 8.98. The van der Waals surface area contributed by atoms with E-state index in [1.54, 1.807) is 12.1 Å². The first kappa shape index (κ1) is 19.4. The summed E-state index contributed by atoms with van der Waals surface area (Å²) in [5, 5.41) is 14.3. The van der Waals surface area contributed by atoms with Gasteiger partial charge < -0.3 is 15.0 Å². The second-order valence-corrected chi connectivity index (χ2v) is 6.02. The number of esters is 1. The maximum absolute atomic E-state index is 11.9. The van der Waals surface area contributed by atoms with Gasteiger partial charge in [0.2, 0.25) is 5.91 Å². The van der Waals surface area contributed by atoms with Crippen LogP contribution < -0.4 is 10.2 Å². The predicted molar refractivity (Wildman–Crippen MR) is 97.8 cm³/mol. The van der Waals surface area contributed by atoms with Crippen molar-refractivity contribution in [2.45, 2.75) is 19.8 Å². The highest BCUT2D eigenvalue weighted by Crippen LogP contribution is 2.32. The Morgan fingerprint density at radius 1 is 1.38 bits per heavy atom. The Hall–Kier alpha value is -2.90. The molecule has 1 saturated heterocycles. The van der Waals surface area contributed by atoms with E-state index >= 15 is 0 Å². The third kappa shape index (κ3) is 4.81. The molecular weight excluding hydrogens is 338 g/mol. The van der Waals surface area contributed by atoms with Gasteiger partial charge in [-0.15, -0.1) is 0 Å². The first-order valence-corrected chi connectivity index (χ1v) is 8.53. The Labute approximate surface area is 152 Å². The summed E-state index contributed by atoms with van der Waals surface area (Å²) >= 11 is 0. The van der Waals surface area contributed by atoms with E-state index in [1.165, 1.54) is 25.3 Å². The van der Waals surface area contributed by atoms with Crippen LogP contribution in [-0.4, -0.2) is 43.5 Å². The van der Waals surface area contributed by atoms with Crippen molar-refractivity contribution >= 4 is 29.3 Å². The summed E-state index contributed by atoms with van der Waals surface area (Å²) in [5.41, 5.74) is 1.05. The van der Waals surface area contributed by atoms with Crippen LogP contribution in [0.25, 0.3) is 6.08 Å². The highest BCUT2D eigenvalue weighted by Gasteiger charge is 2.28. The fraction of sp³-hybridized carbons (Fsp3) is 0.444. The highest BCUT2D eigenvalue weighted by molar-refractivity contribution is 5.87. The first-order chi connectivity index (χ1) is 12.5.